The van der Waals surface area contributed by atoms with Crippen molar-refractivity contribution >= 4 is 33.3 Å². The van der Waals surface area contributed by atoms with E-state index in [1.165, 1.54) is 0 Å². The van der Waals surface area contributed by atoms with Crippen molar-refractivity contribution in [2.45, 2.75) is 70.4 Å². The molecule has 0 radical (unpaired) electrons. The van der Waals surface area contributed by atoms with Gasteiger partial charge in [0.25, 0.3) is 0 Å². The molecule has 1 saturated carbocycles. The number of ether oxygens (including phenoxy) is 1. The smallest absolute Gasteiger partial charge is 0.410 e. The molecule has 0 N–H and O–H groups in total. The Labute approximate surface area is 202 Å². The number of aromatic nitrogens is 5. The van der Waals surface area contributed by atoms with Gasteiger partial charge in [0.1, 0.15) is 10.6 Å². The van der Waals surface area contributed by atoms with Gasteiger partial charge in [-0.1, -0.05) is 11.3 Å². The van der Waals surface area contributed by atoms with Crippen molar-refractivity contribution < 1.29 is 9.53 Å². The molecular weight excluding hydrogens is 448 g/mol. The highest BCUT2D eigenvalue weighted by molar-refractivity contribution is 7.19. The quantitative estimate of drug-likeness (QED) is 0.391. The number of fused-ring (bicyclic) bond motifs is 2. The Hall–Kier alpha value is -2.94. The number of benzene rings is 1. The predicted octanol–water partition coefficient (Wildman–Crippen LogP) is 5.30. The lowest BCUT2D eigenvalue weighted by atomic mass is 9.87. The first-order valence-electron chi connectivity index (χ1n) is 11.9. The maximum absolute atomic E-state index is 12.8. The van der Waals surface area contributed by atoms with Gasteiger partial charge in [-0.3, -0.25) is 4.68 Å². The van der Waals surface area contributed by atoms with E-state index in [4.69, 9.17) is 14.8 Å². The van der Waals surface area contributed by atoms with E-state index in [9.17, 15) is 4.79 Å². The minimum absolute atomic E-state index is 0.0580. The maximum atomic E-state index is 12.8. The molecule has 1 atom stereocenters. The van der Waals surface area contributed by atoms with Gasteiger partial charge in [-0.25, -0.2) is 14.3 Å². The molecule has 3 aromatic heterocycles. The summed E-state index contributed by atoms with van der Waals surface area (Å²) in [5, 5.41) is 11.5. The molecule has 178 valence electrons. The number of imidazole rings is 1. The first-order valence-corrected chi connectivity index (χ1v) is 12.7. The Balaban J connectivity index is 1.23. The van der Waals surface area contributed by atoms with Crippen LogP contribution in [0, 0.1) is 6.92 Å². The predicted molar refractivity (Wildman–Crippen MR) is 132 cm³/mol. The van der Waals surface area contributed by atoms with Crippen molar-refractivity contribution in [3.63, 3.8) is 0 Å². The molecule has 1 amide bonds. The average molecular weight is 479 g/mol. The third kappa shape index (κ3) is 3.66. The van der Waals surface area contributed by atoms with Crippen LogP contribution in [-0.4, -0.2) is 53.1 Å². The van der Waals surface area contributed by atoms with Crippen LogP contribution in [0.2, 0.25) is 0 Å². The van der Waals surface area contributed by atoms with Gasteiger partial charge in [-0.15, -0.1) is 0 Å². The third-order valence-electron chi connectivity index (χ3n) is 6.98. The number of piperidine rings is 1. The molecule has 2 aliphatic rings. The molecule has 2 fully saturated rings. The van der Waals surface area contributed by atoms with E-state index in [0.29, 0.717) is 12.5 Å². The van der Waals surface area contributed by atoms with Gasteiger partial charge >= 0.3 is 6.09 Å². The number of likely N-dealkylation sites (tertiary alicyclic amines) is 1. The Morgan fingerprint density at radius 3 is 2.71 bits per heavy atom. The monoisotopic (exact) mass is 478 g/mol. The van der Waals surface area contributed by atoms with Crippen molar-refractivity contribution in [3.8, 4) is 10.6 Å². The normalized spacial score (nSPS) is 19.9. The standard InChI is InChI=1S/C25H30N6O2S/c1-15-10-17(11-18-13-29(5)27-20(15)18)21-28-31-14-19(26-22(31)34-21)16-6-9-30(25(12-16)7-8-25)23(32)33-24(2,3)4/h10-11,13-14,16H,6-9,12H2,1-5H3. The van der Waals surface area contributed by atoms with Crippen molar-refractivity contribution in [1.29, 1.82) is 0 Å². The number of nitrogens with zero attached hydrogens (tertiary/aromatic N) is 6. The number of carbonyl (C=O) groups excluding carboxylic acids is 1. The van der Waals surface area contributed by atoms with Crippen LogP contribution >= 0.6 is 11.3 Å². The van der Waals surface area contributed by atoms with Crippen LogP contribution in [0.3, 0.4) is 0 Å². The molecule has 9 heteroatoms. The van der Waals surface area contributed by atoms with E-state index in [0.717, 1.165) is 63.4 Å². The fourth-order valence-electron chi connectivity index (χ4n) is 5.25. The van der Waals surface area contributed by atoms with E-state index < -0.39 is 5.60 Å². The van der Waals surface area contributed by atoms with Crippen LogP contribution in [0.1, 0.15) is 63.6 Å². The average Bonchev–Trinajstić information content (AvgIpc) is 3.08. The number of hydrogen-bond acceptors (Lipinski definition) is 6. The number of carbonyl (C=O) groups is 1. The zero-order valence-corrected chi connectivity index (χ0v) is 21.1. The summed E-state index contributed by atoms with van der Waals surface area (Å²) in [6.07, 6.45) is 7.87. The number of amides is 1. The lowest BCUT2D eigenvalue weighted by Gasteiger charge is -2.40. The first-order chi connectivity index (χ1) is 16.1. The van der Waals surface area contributed by atoms with Crippen molar-refractivity contribution in [1.82, 2.24) is 29.3 Å². The van der Waals surface area contributed by atoms with E-state index >= 15 is 0 Å². The highest BCUT2D eigenvalue weighted by Crippen LogP contribution is 2.52. The largest absolute Gasteiger partial charge is 0.444 e. The van der Waals surface area contributed by atoms with Gasteiger partial charge in [-0.2, -0.15) is 10.2 Å². The molecule has 1 aliphatic heterocycles. The van der Waals surface area contributed by atoms with Gasteiger partial charge in [0.2, 0.25) is 4.96 Å². The van der Waals surface area contributed by atoms with E-state index in [1.807, 2.05) is 48.1 Å². The van der Waals surface area contributed by atoms with Crippen LogP contribution in [0.15, 0.2) is 24.5 Å². The molecule has 8 nitrogen and oxygen atoms in total. The molecule has 4 heterocycles. The minimum atomic E-state index is -0.471. The first kappa shape index (κ1) is 21.6. The third-order valence-corrected chi connectivity index (χ3v) is 7.95. The Kier molecular flexibility index (Phi) is 4.62. The summed E-state index contributed by atoms with van der Waals surface area (Å²) < 4.78 is 9.44. The Morgan fingerprint density at radius 1 is 1.21 bits per heavy atom. The molecule has 4 aromatic rings. The topological polar surface area (TPSA) is 77.5 Å². The van der Waals surface area contributed by atoms with Crippen LogP contribution in [0.4, 0.5) is 4.79 Å². The SMILES string of the molecule is Cc1cc(-c2nn3cc(C4CCN(C(=O)OC(C)(C)C)C5(CC5)C4)nc3s2)cc2cn(C)nc12. The highest BCUT2D eigenvalue weighted by Gasteiger charge is 2.54. The molecule has 1 saturated heterocycles. The molecule has 1 unspecified atom stereocenters. The second kappa shape index (κ2) is 7.28. The minimum Gasteiger partial charge on any atom is -0.444 e. The van der Waals surface area contributed by atoms with Gasteiger partial charge in [0.15, 0.2) is 0 Å². The molecule has 1 spiro atoms. The fraction of sp³-hybridized carbons (Fsp3) is 0.520. The molecular formula is C25H30N6O2S. The van der Waals surface area contributed by atoms with Crippen LogP contribution in [0.25, 0.3) is 26.4 Å². The Morgan fingerprint density at radius 2 is 2.00 bits per heavy atom. The van der Waals surface area contributed by atoms with Gasteiger partial charge in [0, 0.05) is 42.2 Å². The Bertz CT molecular complexity index is 1390. The molecule has 34 heavy (non-hydrogen) atoms. The zero-order valence-electron chi connectivity index (χ0n) is 20.3. The van der Waals surface area contributed by atoms with Crippen molar-refractivity contribution in [3.05, 3.63) is 35.8 Å². The van der Waals surface area contributed by atoms with E-state index in [-0.39, 0.29) is 11.6 Å². The van der Waals surface area contributed by atoms with Crippen molar-refractivity contribution in [2.24, 2.45) is 7.05 Å². The van der Waals surface area contributed by atoms with Crippen LogP contribution < -0.4 is 0 Å². The van der Waals surface area contributed by atoms with E-state index in [2.05, 4.69) is 30.4 Å². The summed E-state index contributed by atoms with van der Waals surface area (Å²) >= 11 is 1.62. The highest BCUT2D eigenvalue weighted by atomic mass is 32.1. The summed E-state index contributed by atoms with van der Waals surface area (Å²) in [6, 6.07) is 4.30. The van der Waals surface area contributed by atoms with Crippen LogP contribution in [0.5, 0.6) is 0 Å². The molecule has 1 aromatic carbocycles. The molecule has 0 bridgehead atoms. The zero-order chi connectivity index (χ0) is 23.8. The summed E-state index contributed by atoms with van der Waals surface area (Å²) in [4.78, 5) is 20.6. The van der Waals surface area contributed by atoms with Crippen molar-refractivity contribution in [2.75, 3.05) is 6.54 Å². The lowest BCUT2D eigenvalue weighted by Crippen LogP contribution is -2.49. The summed E-state index contributed by atoms with van der Waals surface area (Å²) in [7, 11) is 1.95. The van der Waals surface area contributed by atoms with Gasteiger partial charge in [-0.05, 0) is 71.1 Å². The summed E-state index contributed by atoms with van der Waals surface area (Å²) in [6.45, 7) is 8.58. The lowest BCUT2D eigenvalue weighted by molar-refractivity contribution is 0.00358. The van der Waals surface area contributed by atoms with Gasteiger partial charge < -0.3 is 9.64 Å². The molecule has 6 rings (SSSR count). The summed E-state index contributed by atoms with van der Waals surface area (Å²) in [5.41, 5.74) is 3.82. The second-order valence-electron chi connectivity index (χ2n) is 10.9. The fourth-order valence-corrected chi connectivity index (χ4v) is 6.12. The van der Waals surface area contributed by atoms with E-state index in [1.54, 1.807) is 11.3 Å². The molecule has 1 aliphatic carbocycles. The number of rotatable bonds is 2. The number of hydrogen-bond donors (Lipinski definition) is 0. The maximum Gasteiger partial charge on any atom is 0.410 e. The van der Waals surface area contributed by atoms with Crippen LogP contribution in [-0.2, 0) is 11.8 Å². The van der Waals surface area contributed by atoms with Gasteiger partial charge in [0.05, 0.1) is 17.4 Å². The number of aryl methyl sites for hydroxylation is 2. The summed E-state index contributed by atoms with van der Waals surface area (Å²) in [5.74, 6) is 0.340. The second-order valence-corrected chi connectivity index (χ2v) is 11.8.